The number of fused-ring (bicyclic) bond motifs is 1. The van der Waals surface area contributed by atoms with Crippen molar-refractivity contribution in [1.82, 2.24) is 9.97 Å². The van der Waals surface area contributed by atoms with Crippen LogP contribution in [0.5, 0.6) is 0 Å². The highest BCUT2D eigenvalue weighted by Crippen LogP contribution is 2.23. The number of aromatic nitrogens is 2. The molecule has 3 aromatic rings. The van der Waals surface area contributed by atoms with E-state index < -0.39 is 0 Å². The second-order valence-electron chi connectivity index (χ2n) is 6.62. The Hall–Kier alpha value is -2.82. The Morgan fingerprint density at radius 3 is 2.26 bits per heavy atom. The van der Waals surface area contributed by atoms with Crippen molar-refractivity contribution in [3.8, 4) is 0 Å². The van der Waals surface area contributed by atoms with Crippen LogP contribution in [0.4, 0.5) is 5.69 Å². The number of aromatic amines is 2. The average Bonchev–Trinajstić information content (AvgIpc) is 2.85. The molecule has 1 amide bonds. The summed E-state index contributed by atoms with van der Waals surface area (Å²) in [7, 11) is 0. The van der Waals surface area contributed by atoms with E-state index in [1.165, 1.54) is 5.56 Å². The lowest BCUT2D eigenvalue weighted by Gasteiger charge is -2.19. The van der Waals surface area contributed by atoms with Crippen LogP contribution in [-0.4, -0.2) is 15.9 Å². The van der Waals surface area contributed by atoms with Gasteiger partial charge >= 0.3 is 5.69 Å². The molecular formula is C18H19N3O2. The quantitative estimate of drug-likeness (QED) is 0.678. The zero-order valence-electron chi connectivity index (χ0n) is 13.4. The molecular weight excluding hydrogens is 290 g/mol. The molecule has 0 aliphatic rings. The highest BCUT2D eigenvalue weighted by Gasteiger charge is 2.13. The monoisotopic (exact) mass is 309 g/mol. The summed E-state index contributed by atoms with van der Waals surface area (Å²) in [6, 6.07) is 12.9. The Morgan fingerprint density at radius 2 is 1.61 bits per heavy atom. The van der Waals surface area contributed by atoms with E-state index in [2.05, 4.69) is 36.1 Å². The Bertz CT molecular complexity index is 912. The molecule has 3 N–H and O–H groups in total. The van der Waals surface area contributed by atoms with Crippen LogP contribution in [0.1, 0.15) is 36.7 Å². The summed E-state index contributed by atoms with van der Waals surface area (Å²) in [4.78, 5) is 28.9. The number of hydrogen-bond acceptors (Lipinski definition) is 2. The fourth-order valence-corrected chi connectivity index (χ4v) is 2.43. The molecule has 0 saturated carbocycles. The predicted octanol–water partition coefficient (Wildman–Crippen LogP) is 3.41. The molecule has 0 unspecified atom stereocenters. The van der Waals surface area contributed by atoms with Crippen LogP contribution in [0.3, 0.4) is 0 Å². The van der Waals surface area contributed by atoms with Crippen LogP contribution < -0.4 is 11.0 Å². The summed E-state index contributed by atoms with van der Waals surface area (Å²) >= 11 is 0. The minimum Gasteiger partial charge on any atom is -0.322 e. The van der Waals surface area contributed by atoms with E-state index in [0.717, 1.165) is 5.69 Å². The maximum atomic E-state index is 12.3. The first kappa shape index (κ1) is 15.1. The van der Waals surface area contributed by atoms with Crippen LogP contribution in [0.2, 0.25) is 0 Å². The molecule has 0 fully saturated rings. The Morgan fingerprint density at radius 1 is 0.957 bits per heavy atom. The number of nitrogens with one attached hydrogen (secondary N) is 3. The first-order valence-corrected chi connectivity index (χ1v) is 7.47. The van der Waals surface area contributed by atoms with Crippen molar-refractivity contribution in [3.63, 3.8) is 0 Å². The van der Waals surface area contributed by atoms with Crippen molar-refractivity contribution >= 4 is 22.6 Å². The van der Waals surface area contributed by atoms with Gasteiger partial charge in [0.1, 0.15) is 0 Å². The van der Waals surface area contributed by atoms with E-state index in [9.17, 15) is 9.59 Å². The van der Waals surface area contributed by atoms with Gasteiger partial charge in [-0.05, 0) is 41.3 Å². The summed E-state index contributed by atoms with van der Waals surface area (Å²) in [5.74, 6) is -0.211. The first-order chi connectivity index (χ1) is 10.8. The van der Waals surface area contributed by atoms with E-state index >= 15 is 0 Å². The van der Waals surface area contributed by atoms with Gasteiger partial charge in [0.25, 0.3) is 5.91 Å². The second-order valence-corrected chi connectivity index (χ2v) is 6.62. The van der Waals surface area contributed by atoms with E-state index in [1.807, 2.05) is 24.3 Å². The number of rotatable bonds is 2. The van der Waals surface area contributed by atoms with Gasteiger partial charge in [-0.2, -0.15) is 0 Å². The Labute approximate surface area is 133 Å². The summed E-state index contributed by atoms with van der Waals surface area (Å²) in [6.45, 7) is 6.44. The third-order valence-electron chi connectivity index (χ3n) is 3.79. The van der Waals surface area contributed by atoms with Crippen molar-refractivity contribution in [3.05, 3.63) is 64.1 Å². The largest absolute Gasteiger partial charge is 0.323 e. The fourth-order valence-electron chi connectivity index (χ4n) is 2.43. The molecule has 0 saturated heterocycles. The predicted molar refractivity (Wildman–Crippen MR) is 92.0 cm³/mol. The third kappa shape index (κ3) is 3.18. The van der Waals surface area contributed by atoms with Crippen LogP contribution in [-0.2, 0) is 5.41 Å². The zero-order valence-corrected chi connectivity index (χ0v) is 13.4. The van der Waals surface area contributed by atoms with Gasteiger partial charge in [0.2, 0.25) is 0 Å². The molecule has 0 spiro atoms. The average molecular weight is 309 g/mol. The Balaban J connectivity index is 1.81. The molecule has 2 aromatic carbocycles. The topological polar surface area (TPSA) is 77.8 Å². The second kappa shape index (κ2) is 5.43. The molecule has 0 bridgehead atoms. The van der Waals surface area contributed by atoms with Gasteiger partial charge in [0.15, 0.2) is 0 Å². The lowest BCUT2D eigenvalue weighted by Crippen LogP contribution is -2.13. The maximum absolute atomic E-state index is 12.3. The molecule has 0 radical (unpaired) electrons. The van der Waals surface area contributed by atoms with Crippen LogP contribution in [0.25, 0.3) is 11.0 Å². The van der Waals surface area contributed by atoms with Crippen LogP contribution in [0.15, 0.2) is 47.3 Å². The highest BCUT2D eigenvalue weighted by molar-refractivity contribution is 6.05. The highest BCUT2D eigenvalue weighted by atomic mass is 16.2. The van der Waals surface area contributed by atoms with Gasteiger partial charge in [0.05, 0.1) is 11.0 Å². The molecule has 0 atom stereocenters. The summed E-state index contributed by atoms with van der Waals surface area (Å²) in [6.07, 6.45) is 0. The first-order valence-electron chi connectivity index (χ1n) is 7.47. The summed E-state index contributed by atoms with van der Waals surface area (Å²) in [5.41, 5.74) is 3.54. The number of carbonyl (C=O) groups is 1. The van der Waals surface area contributed by atoms with Gasteiger partial charge in [-0.15, -0.1) is 0 Å². The number of anilines is 1. The van der Waals surface area contributed by atoms with Crippen molar-refractivity contribution in [2.45, 2.75) is 26.2 Å². The standard InChI is InChI=1S/C18H19N3O2/c1-18(2,3)12-5-7-13(8-6-12)19-16(22)11-4-9-14-15(10-11)21-17(23)20-14/h4-10H,1-3H3,(H,19,22)(H2,20,21,23). The lowest BCUT2D eigenvalue weighted by molar-refractivity contribution is 0.102. The van der Waals surface area contributed by atoms with Gasteiger partial charge in [0, 0.05) is 11.3 Å². The zero-order chi connectivity index (χ0) is 16.6. The van der Waals surface area contributed by atoms with Crippen molar-refractivity contribution in [2.24, 2.45) is 0 Å². The van der Waals surface area contributed by atoms with Gasteiger partial charge in [-0.3, -0.25) is 4.79 Å². The summed E-state index contributed by atoms with van der Waals surface area (Å²) < 4.78 is 0. The third-order valence-corrected chi connectivity index (χ3v) is 3.79. The molecule has 5 nitrogen and oxygen atoms in total. The molecule has 0 aliphatic carbocycles. The minimum absolute atomic E-state index is 0.0771. The minimum atomic E-state index is -0.282. The maximum Gasteiger partial charge on any atom is 0.323 e. The number of imidazole rings is 1. The van der Waals surface area contributed by atoms with E-state index in [-0.39, 0.29) is 17.0 Å². The number of carbonyl (C=O) groups excluding carboxylic acids is 1. The molecule has 0 aliphatic heterocycles. The van der Waals surface area contributed by atoms with Crippen molar-refractivity contribution < 1.29 is 4.79 Å². The molecule has 23 heavy (non-hydrogen) atoms. The Kier molecular flexibility index (Phi) is 3.56. The van der Waals surface area contributed by atoms with E-state index in [0.29, 0.717) is 16.6 Å². The number of benzene rings is 2. The lowest BCUT2D eigenvalue weighted by atomic mass is 9.87. The van der Waals surface area contributed by atoms with Crippen molar-refractivity contribution in [1.29, 1.82) is 0 Å². The van der Waals surface area contributed by atoms with Gasteiger partial charge in [-0.25, -0.2) is 4.79 Å². The number of hydrogen-bond donors (Lipinski definition) is 3. The molecule has 3 rings (SSSR count). The van der Waals surface area contributed by atoms with Gasteiger partial charge < -0.3 is 15.3 Å². The molecule has 1 heterocycles. The van der Waals surface area contributed by atoms with Crippen LogP contribution >= 0.6 is 0 Å². The molecule has 118 valence electrons. The molecule has 5 heteroatoms. The molecule has 1 aromatic heterocycles. The van der Waals surface area contributed by atoms with Crippen LogP contribution in [0, 0.1) is 0 Å². The smallest absolute Gasteiger partial charge is 0.322 e. The normalized spacial score (nSPS) is 11.6. The van der Waals surface area contributed by atoms with Gasteiger partial charge in [-0.1, -0.05) is 32.9 Å². The number of H-pyrrole nitrogens is 2. The summed E-state index contributed by atoms with van der Waals surface area (Å²) in [5, 5.41) is 2.87. The fraction of sp³-hybridized carbons (Fsp3) is 0.222. The number of amides is 1. The van der Waals surface area contributed by atoms with E-state index in [1.54, 1.807) is 18.2 Å². The SMILES string of the molecule is CC(C)(C)c1ccc(NC(=O)c2ccc3[nH]c(=O)[nH]c3c2)cc1. The van der Waals surface area contributed by atoms with E-state index in [4.69, 9.17) is 0 Å². The van der Waals surface area contributed by atoms with Crippen molar-refractivity contribution in [2.75, 3.05) is 5.32 Å².